The molecule has 0 saturated heterocycles. The maximum atomic E-state index is 10.0. The molecule has 2 aromatic rings. The molecule has 0 unspecified atom stereocenters. The monoisotopic (exact) mass is 254 g/mol. The molecular formula is C17H18O2. The van der Waals surface area contributed by atoms with Crippen LogP contribution >= 0.6 is 0 Å². The minimum atomic E-state index is -0.330. The lowest BCUT2D eigenvalue weighted by molar-refractivity contribution is 0.155. The minimum absolute atomic E-state index is 0.330. The van der Waals surface area contributed by atoms with Crippen LogP contribution in [0.15, 0.2) is 48.5 Å². The zero-order chi connectivity index (χ0) is 13.1. The summed E-state index contributed by atoms with van der Waals surface area (Å²) in [6.45, 7) is 0.577. The van der Waals surface area contributed by atoms with Gasteiger partial charge in [0, 0.05) is 0 Å². The largest absolute Gasteiger partial charge is 0.489 e. The van der Waals surface area contributed by atoms with Gasteiger partial charge in [-0.1, -0.05) is 42.5 Å². The van der Waals surface area contributed by atoms with Crippen molar-refractivity contribution in [2.45, 2.75) is 32.0 Å². The van der Waals surface area contributed by atoms with E-state index in [9.17, 15) is 5.11 Å². The lowest BCUT2D eigenvalue weighted by atomic mass is 9.89. The summed E-state index contributed by atoms with van der Waals surface area (Å²) < 4.78 is 5.93. The molecule has 2 heteroatoms. The van der Waals surface area contributed by atoms with Gasteiger partial charge in [-0.2, -0.15) is 0 Å². The Morgan fingerprint density at radius 2 is 1.89 bits per heavy atom. The van der Waals surface area contributed by atoms with E-state index < -0.39 is 0 Å². The van der Waals surface area contributed by atoms with Gasteiger partial charge in [0.15, 0.2) is 0 Å². The summed E-state index contributed by atoms with van der Waals surface area (Å²) >= 11 is 0. The number of hydrogen-bond acceptors (Lipinski definition) is 2. The highest BCUT2D eigenvalue weighted by Gasteiger charge is 2.20. The average molecular weight is 254 g/mol. The molecular weight excluding hydrogens is 236 g/mol. The lowest BCUT2D eigenvalue weighted by Gasteiger charge is -2.23. The fraction of sp³-hybridized carbons (Fsp3) is 0.294. The molecule has 3 rings (SSSR count). The zero-order valence-corrected chi connectivity index (χ0v) is 10.9. The second-order valence-electron chi connectivity index (χ2n) is 5.01. The van der Waals surface area contributed by atoms with Gasteiger partial charge in [-0.15, -0.1) is 0 Å². The van der Waals surface area contributed by atoms with Crippen LogP contribution in [-0.4, -0.2) is 5.11 Å². The average Bonchev–Trinajstić information content (AvgIpc) is 2.47. The molecule has 0 radical (unpaired) electrons. The summed E-state index contributed by atoms with van der Waals surface area (Å²) in [5.74, 6) is 0.917. The predicted molar refractivity (Wildman–Crippen MR) is 75.1 cm³/mol. The fourth-order valence-corrected chi connectivity index (χ4v) is 2.66. The molecule has 0 spiro atoms. The first-order valence-electron chi connectivity index (χ1n) is 6.81. The quantitative estimate of drug-likeness (QED) is 0.906. The van der Waals surface area contributed by atoms with Gasteiger partial charge in [-0.3, -0.25) is 0 Å². The van der Waals surface area contributed by atoms with Crippen molar-refractivity contribution < 1.29 is 9.84 Å². The molecule has 19 heavy (non-hydrogen) atoms. The van der Waals surface area contributed by atoms with Gasteiger partial charge < -0.3 is 9.84 Å². The van der Waals surface area contributed by atoms with E-state index >= 15 is 0 Å². The molecule has 0 bridgehead atoms. The standard InChI is InChI=1S/C17H18O2/c18-16-10-4-9-15-14(16)8-5-11-17(15)19-12-13-6-2-1-3-7-13/h1-3,5-8,11,16,18H,4,9-10,12H2/t16-/m1/s1. The predicted octanol–water partition coefficient (Wildman–Crippen LogP) is 3.64. The van der Waals surface area contributed by atoms with Crippen molar-refractivity contribution in [3.63, 3.8) is 0 Å². The number of benzene rings is 2. The molecule has 0 amide bonds. The van der Waals surface area contributed by atoms with Crippen molar-refractivity contribution in [2.24, 2.45) is 0 Å². The van der Waals surface area contributed by atoms with E-state index in [0.29, 0.717) is 6.61 Å². The molecule has 0 saturated carbocycles. The van der Waals surface area contributed by atoms with Crippen LogP contribution < -0.4 is 4.74 Å². The third kappa shape index (κ3) is 2.64. The van der Waals surface area contributed by atoms with Crippen molar-refractivity contribution in [3.05, 3.63) is 65.2 Å². The van der Waals surface area contributed by atoms with Gasteiger partial charge in [0.2, 0.25) is 0 Å². The molecule has 2 nitrogen and oxygen atoms in total. The first-order valence-corrected chi connectivity index (χ1v) is 6.81. The van der Waals surface area contributed by atoms with Crippen LogP contribution in [0, 0.1) is 0 Å². The first kappa shape index (κ1) is 12.2. The normalized spacial score (nSPS) is 17.8. The highest BCUT2D eigenvalue weighted by Crippen LogP contribution is 2.35. The number of aliphatic hydroxyl groups excluding tert-OH is 1. The molecule has 0 aliphatic heterocycles. The fourth-order valence-electron chi connectivity index (χ4n) is 2.66. The highest BCUT2D eigenvalue weighted by atomic mass is 16.5. The maximum absolute atomic E-state index is 10.0. The summed E-state index contributed by atoms with van der Waals surface area (Å²) in [5.41, 5.74) is 3.38. The van der Waals surface area contributed by atoms with E-state index in [0.717, 1.165) is 36.1 Å². The third-order valence-corrected chi connectivity index (χ3v) is 3.67. The van der Waals surface area contributed by atoms with Crippen LogP contribution in [0.25, 0.3) is 0 Å². The highest BCUT2D eigenvalue weighted by molar-refractivity contribution is 5.43. The summed E-state index contributed by atoms with van der Waals surface area (Å²) in [4.78, 5) is 0. The van der Waals surface area contributed by atoms with Crippen molar-refractivity contribution >= 4 is 0 Å². The van der Waals surface area contributed by atoms with Crippen molar-refractivity contribution in [2.75, 3.05) is 0 Å². The van der Waals surface area contributed by atoms with Crippen LogP contribution in [0.5, 0.6) is 5.75 Å². The SMILES string of the molecule is O[C@@H]1CCCc2c(OCc3ccccc3)cccc21. The Morgan fingerprint density at radius 3 is 2.74 bits per heavy atom. The van der Waals surface area contributed by atoms with Crippen molar-refractivity contribution in [1.82, 2.24) is 0 Å². The van der Waals surface area contributed by atoms with E-state index in [2.05, 4.69) is 12.1 Å². The molecule has 1 atom stereocenters. The zero-order valence-electron chi connectivity index (χ0n) is 10.9. The summed E-state index contributed by atoms with van der Waals surface area (Å²) in [5, 5.41) is 10.0. The third-order valence-electron chi connectivity index (χ3n) is 3.67. The Balaban J connectivity index is 1.80. The molecule has 0 heterocycles. The van der Waals surface area contributed by atoms with Gasteiger partial charge in [0.1, 0.15) is 12.4 Å². The lowest BCUT2D eigenvalue weighted by Crippen LogP contribution is -2.11. The van der Waals surface area contributed by atoms with Crippen LogP contribution in [0.1, 0.15) is 35.6 Å². The van der Waals surface area contributed by atoms with Gasteiger partial charge in [0.05, 0.1) is 6.10 Å². The van der Waals surface area contributed by atoms with E-state index in [1.54, 1.807) is 0 Å². The number of ether oxygens (including phenoxy) is 1. The van der Waals surface area contributed by atoms with Crippen molar-refractivity contribution in [3.8, 4) is 5.75 Å². The smallest absolute Gasteiger partial charge is 0.123 e. The Hall–Kier alpha value is -1.80. The summed E-state index contributed by atoms with van der Waals surface area (Å²) in [6.07, 6.45) is 2.55. The molecule has 1 N–H and O–H groups in total. The summed E-state index contributed by atoms with van der Waals surface area (Å²) in [7, 11) is 0. The number of aliphatic hydroxyl groups is 1. The molecule has 0 fully saturated rings. The molecule has 2 aromatic carbocycles. The second-order valence-corrected chi connectivity index (χ2v) is 5.01. The molecule has 1 aliphatic carbocycles. The Kier molecular flexibility index (Phi) is 3.51. The number of fused-ring (bicyclic) bond motifs is 1. The Morgan fingerprint density at radius 1 is 1.05 bits per heavy atom. The molecule has 98 valence electrons. The van der Waals surface area contributed by atoms with Gasteiger partial charge in [-0.05, 0) is 42.0 Å². The van der Waals surface area contributed by atoms with Crippen LogP contribution in [-0.2, 0) is 13.0 Å². The van der Waals surface area contributed by atoms with Crippen LogP contribution in [0.2, 0.25) is 0 Å². The van der Waals surface area contributed by atoms with Crippen LogP contribution in [0.4, 0.5) is 0 Å². The maximum Gasteiger partial charge on any atom is 0.123 e. The minimum Gasteiger partial charge on any atom is -0.489 e. The first-order chi connectivity index (χ1) is 9.34. The van der Waals surface area contributed by atoms with Gasteiger partial charge in [0.25, 0.3) is 0 Å². The Labute approximate surface area is 113 Å². The Bertz CT molecular complexity index is 548. The summed E-state index contributed by atoms with van der Waals surface area (Å²) in [6, 6.07) is 16.1. The van der Waals surface area contributed by atoms with Crippen molar-refractivity contribution in [1.29, 1.82) is 0 Å². The van der Waals surface area contributed by atoms with E-state index in [4.69, 9.17) is 4.74 Å². The van der Waals surface area contributed by atoms with E-state index in [1.807, 2.05) is 36.4 Å². The van der Waals surface area contributed by atoms with E-state index in [1.165, 1.54) is 5.56 Å². The second kappa shape index (κ2) is 5.45. The van der Waals surface area contributed by atoms with Gasteiger partial charge >= 0.3 is 0 Å². The van der Waals surface area contributed by atoms with E-state index in [-0.39, 0.29) is 6.10 Å². The van der Waals surface area contributed by atoms with Crippen LogP contribution in [0.3, 0.4) is 0 Å². The number of hydrogen-bond donors (Lipinski definition) is 1. The number of rotatable bonds is 3. The molecule has 0 aromatic heterocycles. The van der Waals surface area contributed by atoms with Gasteiger partial charge in [-0.25, -0.2) is 0 Å². The topological polar surface area (TPSA) is 29.5 Å². The molecule has 1 aliphatic rings.